The maximum Gasteiger partial charge on any atom is 0.573 e. The Hall–Kier alpha value is -4.48. The van der Waals surface area contributed by atoms with Crippen LogP contribution in [0.15, 0.2) is 59.5 Å². The zero-order valence-electron chi connectivity index (χ0n) is 19.1. The first kappa shape index (κ1) is 26.1. The number of carboxylic acids is 1. The molecule has 0 spiro atoms. The fourth-order valence-electron chi connectivity index (χ4n) is 3.52. The van der Waals surface area contributed by atoms with E-state index < -0.39 is 53.6 Å². The Bertz CT molecular complexity index is 1350. The fourth-order valence-corrected chi connectivity index (χ4v) is 3.52. The number of nitrogens with one attached hydrogen (secondary N) is 2. The van der Waals surface area contributed by atoms with Crippen LogP contribution in [0, 0.1) is 6.92 Å². The number of aryl methyl sites for hydroxylation is 2. The summed E-state index contributed by atoms with van der Waals surface area (Å²) in [6.07, 6.45) is -4.10. The van der Waals surface area contributed by atoms with Gasteiger partial charge in [-0.2, -0.15) is 0 Å². The summed E-state index contributed by atoms with van der Waals surface area (Å²) >= 11 is 0. The summed E-state index contributed by atoms with van der Waals surface area (Å²) < 4.78 is 43.0. The number of hydrogen-bond donors (Lipinski definition) is 4. The van der Waals surface area contributed by atoms with Crippen molar-refractivity contribution >= 4 is 17.7 Å². The SMILES string of the molecule is Cc1cc(-c2cccc(OC(F)(F)F)c2)cc([C@H](CC(=O)O)NC(=O)Nc2c(O)ccn(C)c2=O)c1. The highest BCUT2D eigenvalue weighted by molar-refractivity contribution is 5.91. The number of carbonyl (C=O) groups is 2. The number of aromatic hydroxyl groups is 1. The molecule has 190 valence electrons. The van der Waals surface area contributed by atoms with Crippen molar-refractivity contribution in [3.8, 4) is 22.6 Å². The molecule has 9 nitrogen and oxygen atoms in total. The van der Waals surface area contributed by atoms with E-state index in [0.717, 1.165) is 10.6 Å². The number of hydrogen-bond acceptors (Lipinski definition) is 5. The van der Waals surface area contributed by atoms with Gasteiger partial charge in [0.25, 0.3) is 5.56 Å². The Balaban J connectivity index is 1.92. The van der Waals surface area contributed by atoms with Crippen molar-refractivity contribution in [3.05, 3.63) is 76.2 Å². The number of alkyl halides is 3. The fraction of sp³-hybridized carbons (Fsp3) is 0.208. The number of nitrogens with zero attached hydrogens (tertiary/aromatic N) is 1. The van der Waals surface area contributed by atoms with Crippen LogP contribution in [0.4, 0.5) is 23.7 Å². The minimum Gasteiger partial charge on any atom is -0.505 e. The molecule has 0 saturated heterocycles. The first-order chi connectivity index (χ1) is 16.8. The Kier molecular flexibility index (Phi) is 7.56. The second-order valence-electron chi connectivity index (χ2n) is 7.95. The lowest BCUT2D eigenvalue weighted by molar-refractivity contribution is -0.274. The van der Waals surface area contributed by atoms with Gasteiger partial charge in [-0.1, -0.05) is 29.8 Å². The number of aliphatic carboxylic acids is 1. The number of ether oxygens (including phenoxy) is 1. The number of urea groups is 1. The van der Waals surface area contributed by atoms with E-state index in [1.54, 1.807) is 25.1 Å². The summed E-state index contributed by atoms with van der Waals surface area (Å²) in [4.78, 5) is 36.3. The van der Waals surface area contributed by atoms with E-state index >= 15 is 0 Å². The summed E-state index contributed by atoms with van der Waals surface area (Å²) in [5, 5.41) is 24.0. The van der Waals surface area contributed by atoms with E-state index in [0.29, 0.717) is 22.3 Å². The Morgan fingerprint density at radius 3 is 2.50 bits per heavy atom. The predicted octanol–water partition coefficient (Wildman–Crippen LogP) is 4.30. The molecule has 0 fully saturated rings. The molecule has 0 aliphatic rings. The summed E-state index contributed by atoms with van der Waals surface area (Å²) in [6, 6.07) is 9.29. The van der Waals surface area contributed by atoms with Gasteiger partial charge in [-0.25, -0.2) is 4.79 Å². The maximum atomic E-state index is 12.6. The molecule has 1 aromatic heterocycles. The van der Waals surface area contributed by atoms with Gasteiger partial charge >= 0.3 is 18.4 Å². The van der Waals surface area contributed by atoms with Crippen LogP contribution >= 0.6 is 0 Å². The van der Waals surface area contributed by atoms with Gasteiger partial charge in [0.2, 0.25) is 0 Å². The first-order valence-corrected chi connectivity index (χ1v) is 10.5. The van der Waals surface area contributed by atoms with Gasteiger partial charge < -0.3 is 30.2 Å². The van der Waals surface area contributed by atoms with Crippen LogP contribution in [0.25, 0.3) is 11.1 Å². The predicted molar refractivity (Wildman–Crippen MR) is 124 cm³/mol. The number of benzene rings is 2. The lowest BCUT2D eigenvalue weighted by Gasteiger charge is -2.20. The third-order valence-corrected chi connectivity index (χ3v) is 5.07. The molecule has 1 heterocycles. The zero-order chi connectivity index (χ0) is 26.6. The van der Waals surface area contributed by atoms with Gasteiger partial charge in [-0.05, 0) is 47.9 Å². The van der Waals surface area contributed by atoms with Crippen LogP contribution in [0.3, 0.4) is 0 Å². The minimum absolute atomic E-state index is 0.356. The van der Waals surface area contributed by atoms with Gasteiger partial charge in [0.15, 0.2) is 5.69 Å². The first-order valence-electron chi connectivity index (χ1n) is 10.5. The highest BCUT2D eigenvalue weighted by Crippen LogP contribution is 2.31. The van der Waals surface area contributed by atoms with Crippen molar-refractivity contribution in [1.29, 1.82) is 0 Å². The number of amides is 2. The Labute approximate surface area is 202 Å². The van der Waals surface area contributed by atoms with Crippen LogP contribution in [0.1, 0.15) is 23.6 Å². The molecule has 4 N–H and O–H groups in total. The lowest BCUT2D eigenvalue weighted by atomic mass is 9.95. The zero-order valence-corrected chi connectivity index (χ0v) is 19.1. The molecular weight excluding hydrogens is 483 g/mol. The van der Waals surface area contributed by atoms with E-state index in [9.17, 15) is 37.8 Å². The average Bonchev–Trinajstić information content (AvgIpc) is 2.77. The van der Waals surface area contributed by atoms with Crippen molar-refractivity contribution in [1.82, 2.24) is 9.88 Å². The van der Waals surface area contributed by atoms with Crippen LogP contribution < -0.4 is 20.9 Å². The number of halogens is 3. The molecule has 2 aromatic carbocycles. The molecule has 0 radical (unpaired) electrons. The second kappa shape index (κ2) is 10.4. The summed E-state index contributed by atoms with van der Waals surface area (Å²) in [5.74, 6) is -2.13. The molecule has 0 aliphatic heterocycles. The number of anilines is 1. The van der Waals surface area contributed by atoms with Gasteiger partial charge in [0.1, 0.15) is 11.5 Å². The molecule has 0 unspecified atom stereocenters. The second-order valence-corrected chi connectivity index (χ2v) is 7.95. The van der Waals surface area contributed by atoms with Crippen LogP contribution in [-0.2, 0) is 11.8 Å². The van der Waals surface area contributed by atoms with E-state index in [4.69, 9.17) is 0 Å². The highest BCUT2D eigenvalue weighted by Gasteiger charge is 2.31. The standard InChI is InChI=1S/C24H22F3N3O6/c1-13-8-15(14-4-3-5-17(11-14)36-24(25,26)27)10-16(9-13)18(12-20(32)33)28-23(35)29-21-19(31)6-7-30(2)22(21)34/h3-11,18,31H,12H2,1-2H3,(H,32,33)(H2,28,29,35)/t18-/m0/s1. The molecule has 3 aromatic rings. The smallest absolute Gasteiger partial charge is 0.505 e. The molecule has 12 heteroatoms. The van der Waals surface area contributed by atoms with E-state index in [1.807, 2.05) is 0 Å². The van der Waals surface area contributed by atoms with Crippen molar-refractivity contribution in [2.45, 2.75) is 25.7 Å². The van der Waals surface area contributed by atoms with Gasteiger partial charge in [0, 0.05) is 13.2 Å². The van der Waals surface area contributed by atoms with Crippen LogP contribution in [0.2, 0.25) is 0 Å². The Morgan fingerprint density at radius 1 is 1.11 bits per heavy atom. The molecule has 0 bridgehead atoms. The Morgan fingerprint density at radius 2 is 1.83 bits per heavy atom. The lowest BCUT2D eigenvalue weighted by Crippen LogP contribution is -2.36. The van der Waals surface area contributed by atoms with E-state index in [-0.39, 0.29) is 0 Å². The van der Waals surface area contributed by atoms with Crippen molar-refractivity contribution in [2.24, 2.45) is 7.05 Å². The summed E-state index contributed by atoms with van der Waals surface area (Å²) in [7, 11) is 1.42. The molecule has 2 amide bonds. The topological polar surface area (TPSA) is 130 Å². The third-order valence-electron chi connectivity index (χ3n) is 5.07. The van der Waals surface area contributed by atoms with E-state index in [2.05, 4.69) is 15.4 Å². The number of rotatable bonds is 7. The minimum atomic E-state index is -4.87. The quantitative estimate of drug-likeness (QED) is 0.379. The number of carbonyl (C=O) groups excluding carboxylic acids is 1. The maximum absolute atomic E-state index is 12.6. The molecule has 0 aliphatic carbocycles. The van der Waals surface area contributed by atoms with Crippen molar-refractivity contribution in [2.75, 3.05) is 5.32 Å². The van der Waals surface area contributed by atoms with Crippen molar-refractivity contribution < 1.29 is 37.7 Å². The van der Waals surface area contributed by atoms with E-state index in [1.165, 1.54) is 37.5 Å². The monoisotopic (exact) mass is 505 g/mol. The van der Waals surface area contributed by atoms with Gasteiger partial charge in [0.05, 0.1) is 12.5 Å². The third kappa shape index (κ3) is 6.78. The average molecular weight is 505 g/mol. The van der Waals surface area contributed by atoms with Crippen LogP contribution in [-0.4, -0.2) is 33.1 Å². The summed E-state index contributed by atoms with van der Waals surface area (Å²) in [5.41, 5.74) is 0.770. The largest absolute Gasteiger partial charge is 0.573 e. The van der Waals surface area contributed by atoms with Gasteiger partial charge in [-0.15, -0.1) is 13.2 Å². The number of carboxylic acid groups (broad SMARTS) is 1. The highest BCUT2D eigenvalue weighted by atomic mass is 19.4. The normalized spacial score (nSPS) is 12.0. The molecule has 3 rings (SSSR count). The summed E-state index contributed by atoms with van der Waals surface area (Å²) in [6.45, 7) is 1.70. The molecule has 0 saturated carbocycles. The van der Waals surface area contributed by atoms with Crippen molar-refractivity contribution in [3.63, 3.8) is 0 Å². The van der Waals surface area contributed by atoms with Crippen LogP contribution in [0.5, 0.6) is 11.5 Å². The number of aromatic nitrogens is 1. The molecular formula is C24H22F3N3O6. The number of pyridine rings is 1. The van der Waals surface area contributed by atoms with Gasteiger partial charge in [-0.3, -0.25) is 9.59 Å². The molecule has 36 heavy (non-hydrogen) atoms. The molecule has 1 atom stereocenters.